The van der Waals surface area contributed by atoms with Crippen molar-refractivity contribution in [1.29, 1.82) is 0 Å². The quantitative estimate of drug-likeness (QED) is 0.148. The number of carbonyl (C=O) groups excluding carboxylic acids is 1. The third-order valence-electron chi connectivity index (χ3n) is 5.24. The van der Waals surface area contributed by atoms with Crippen molar-refractivity contribution < 1.29 is 43.4 Å². The molecule has 1 fully saturated rings. The van der Waals surface area contributed by atoms with E-state index < -0.39 is 56.4 Å². The molecule has 1 aromatic rings. The first kappa shape index (κ1) is 27.3. The smallest absolute Gasteiger partial charge is 0.319 e. The zero-order valence-corrected chi connectivity index (χ0v) is 18.7. The highest BCUT2D eigenvalue weighted by atomic mass is 31.2. The summed E-state index contributed by atoms with van der Waals surface area (Å²) in [6, 6.07) is 4.10. The van der Waals surface area contributed by atoms with Crippen molar-refractivity contribution in [3.05, 3.63) is 29.8 Å². The molecule has 184 valence electrons. The maximum absolute atomic E-state index is 15.1. The summed E-state index contributed by atoms with van der Waals surface area (Å²) >= 11 is 0. The fourth-order valence-electron chi connectivity index (χ4n) is 3.40. The lowest BCUT2D eigenvalue weighted by molar-refractivity contribution is -0.279. The van der Waals surface area contributed by atoms with Crippen LogP contribution in [0.5, 0.6) is 0 Å². The second-order valence-corrected chi connectivity index (χ2v) is 8.89. The van der Waals surface area contributed by atoms with E-state index in [1.807, 2.05) is 0 Å². The number of rotatable bonds is 10. The predicted molar refractivity (Wildman–Crippen MR) is 118 cm³/mol. The third-order valence-corrected chi connectivity index (χ3v) is 5.90. The van der Waals surface area contributed by atoms with Gasteiger partial charge in [0.15, 0.2) is 14.5 Å². The molecule has 1 aromatic carbocycles. The molecule has 0 spiro atoms. The average molecular weight is 490 g/mol. The van der Waals surface area contributed by atoms with Gasteiger partial charge in [0.2, 0.25) is 0 Å². The fourth-order valence-corrected chi connectivity index (χ4v) is 3.89. The van der Waals surface area contributed by atoms with Gasteiger partial charge in [0.25, 0.3) is 0 Å². The normalized spacial score (nSPS) is 25.5. The Hall–Kier alpha value is -1.90. The van der Waals surface area contributed by atoms with E-state index in [2.05, 4.69) is 16.6 Å². The van der Waals surface area contributed by atoms with Crippen LogP contribution in [0.1, 0.15) is 31.2 Å². The van der Waals surface area contributed by atoms with E-state index >= 15 is 8.78 Å². The van der Waals surface area contributed by atoms with Crippen LogP contribution in [0.25, 0.3) is 0 Å². The molecule has 0 aromatic heterocycles. The molecule has 5 atom stereocenters. The van der Waals surface area contributed by atoms with E-state index in [0.29, 0.717) is 19.4 Å². The van der Waals surface area contributed by atoms with Gasteiger partial charge >= 0.3 is 12.0 Å². The Balaban J connectivity index is 2.03. The molecule has 2 amide bonds. The van der Waals surface area contributed by atoms with Gasteiger partial charge in [0, 0.05) is 30.4 Å². The lowest BCUT2D eigenvalue weighted by Crippen LogP contribution is -2.61. The maximum Gasteiger partial charge on any atom is 0.319 e. The first-order chi connectivity index (χ1) is 15.6. The van der Waals surface area contributed by atoms with Crippen molar-refractivity contribution in [3.8, 4) is 12.3 Å². The van der Waals surface area contributed by atoms with Gasteiger partial charge in [0.05, 0.1) is 6.10 Å². The summed E-state index contributed by atoms with van der Waals surface area (Å²) in [6.07, 6.45) is -2.36. The van der Waals surface area contributed by atoms with Gasteiger partial charge in [0.1, 0.15) is 18.3 Å². The second kappa shape index (κ2) is 12.5. The Morgan fingerprint density at radius 2 is 1.79 bits per heavy atom. The topological polar surface area (TPSA) is 152 Å². The number of alkyl halides is 2. The Kier molecular flexibility index (Phi) is 10.4. The Morgan fingerprint density at radius 1 is 1.12 bits per heavy atom. The lowest BCUT2D eigenvalue weighted by atomic mass is 9.88. The van der Waals surface area contributed by atoms with Crippen LogP contribution in [0.3, 0.4) is 0 Å². The van der Waals surface area contributed by atoms with Gasteiger partial charge in [-0.15, -0.1) is 12.3 Å². The molecule has 0 aliphatic carbocycles. The van der Waals surface area contributed by atoms with Crippen molar-refractivity contribution in [1.82, 2.24) is 5.32 Å². The minimum Gasteiger partial charge on any atom is -0.388 e. The number of halogens is 2. The molecular weight excluding hydrogens is 461 g/mol. The van der Waals surface area contributed by atoms with Crippen LogP contribution >= 0.6 is 8.38 Å². The molecule has 33 heavy (non-hydrogen) atoms. The third kappa shape index (κ3) is 7.55. The van der Waals surface area contributed by atoms with E-state index in [-0.39, 0.29) is 18.3 Å². The zero-order chi connectivity index (χ0) is 24.6. The van der Waals surface area contributed by atoms with Crippen molar-refractivity contribution in [2.75, 3.05) is 18.0 Å². The standard InChI is InChI=1S/C21H29F2N2O7P/c1-2-3-4-5-11-24-20(29)25-14-8-6-13(7-9-14)21(22,23)19-18(28)17(27)16(26)15(32-19)10-12-33(30)31/h1,6-9,15-19,26-28,30-31H,3-5,10-12H2,(H2,24,25,29)/t15?,16-,17?,18?,19+/m1/s1. The Bertz CT molecular complexity index is 807. The number of nitrogens with one attached hydrogen (secondary N) is 2. The van der Waals surface area contributed by atoms with Gasteiger partial charge in [-0.1, -0.05) is 12.1 Å². The van der Waals surface area contributed by atoms with Crippen molar-refractivity contribution in [3.63, 3.8) is 0 Å². The largest absolute Gasteiger partial charge is 0.388 e. The molecule has 2 rings (SSSR count). The second-order valence-electron chi connectivity index (χ2n) is 7.69. The first-order valence-corrected chi connectivity index (χ1v) is 11.8. The van der Waals surface area contributed by atoms with Crippen LogP contribution in [0, 0.1) is 12.3 Å². The summed E-state index contributed by atoms with van der Waals surface area (Å²) in [4.78, 5) is 30.0. The molecular formula is C21H29F2N2O7P. The van der Waals surface area contributed by atoms with Gasteiger partial charge < -0.3 is 40.5 Å². The number of hydrogen-bond acceptors (Lipinski definition) is 7. The molecule has 0 bridgehead atoms. The maximum atomic E-state index is 15.1. The number of urea groups is 1. The number of hydrogen-bond donors (Lipinski definition) is 7. The summed E-state index contributed by atoms with van der Waals surface area (Å²) in [6.45, 7) is 0.407. The van der Waals surface area contributed by atoms with E-state index in [0.717, 1.165) is 18.6 Å². The molecule has 1 aliphatic heterocycles. The lowest BCUT2D eigenvalue weighted by Gasteiger charge is -2.43. The molecule has 0 saturated carbocycles. The average Bonchev–Trinajstić information content (AvgIpc) is 2.77. The number of ether oxygens (including phenoxy) is 1. The number of anilines is 1. The fraction of sp³-hybridized carbons (Fsp3) is 0.571. The number of carbonyl (C=O) groups is 1. The SMILES string of the molecule is C#CCCCCNC(=O)Nc1ccc(C(F)(F)[C@H]2OC(CCP(O)O)[C@@H](O)C(O)C2O)cc1. The number of benzene rings is 1. The van der Waals surface area contributed by atoms with Crippen LogP contribution in [-0.4, -0.2) is 74.4 Å². The molecule has 7 N–H and O–H groups in total. The van der Waals surface area contributed by atoms with E-state index in [1.165, 1.54) is 12.1 Å². The Morgan fingerprint density at radius 3 is 2.39 bits per heavy atom. The van der Waals surface area contributed by atoms with Crippen LogP contribution in [0.2, 0.25) is 0 Å². The highest BCUT2D eigenvalue weighted by molar-refractivity contribution is 7.45. The van der Waals surface area contributed by atoms with E-state index in [1.54, 1.807) is 0 Å². The van der Waals surface area contributed by atoms with Crippen LogP contribution in [0.4, 0.5) is 19.3 Å². The van der Waals surface area contributed by atoms with Crippen molar-refractivity contribution >= 4 is 20.1 Å². The minimum absolute atomic E-state index is 0.197. The summed E-state index contributed by atoms with van der Waals surface area (Å²) in [5.74, 6) is -1.27. The summed E-state index contributed by atoms with van der Waals surface area (Å²) in [7, 11) is -2.34. The summed E-state index contributed by atoms with van der Waals surface area (Å²) in [5.41, 5.74) is -0.283. The molecule has 3 unspecified atom stereocenters. The van der Waals surface area contributed by atoms with Crippen LogP contribution in [-0.2, 0) is 10.7 Å². The van der Waals surface area contributed by atoms with Gasteiger partial charge in [-0.2, -0.15) is 8.78 Å². The van der Waals surface area contributed by atoms with E-state index in [9.17, 15) is 20.1 Å². The van der Waals surface area contributed by atoms with Crippen molar-refractivity contribution in [2.45, 2.75) is 62.1 Å². The number of aliphatic hydroxyl groups excluding tert-OH is 3. The van der Waals surface area contributed by atoms with Crippen LogP contribution in [0.15, 0.2) is 24.3 Å². The molecule has 1 heterocycles. The van der Waals surface area contributed by atoms with E-state index in [4.69, 9.17) is 20.9 Å². The first-order valence-electron chi connectivity index (χ1n) is 10.4. The van der Waals surface area contributed by atoms with Gasteiger partial charge in [-0.25, -0.2) is 4.79 Å². The molecule has 1 aliphatic rings. The number of unbranched alkanes of at least 4 members (excludes halogenated alkanes) is 2. The highest BCUT2D eigenvalue weighted by Crippen LogP contribution is 2.41. The number of terminal acetylenes is 1. The summed E-state index contributed by atoms with van der Waals surface area (Å²) in [5, 5.41) is 35.3. The predicted octanol–water partition coefficient (Wildman–Crippen LogP) is 1.24. The number of aliphatic hydroxyl groups is 3. The zero-order valence-electron chi connectivity index (χ0n) is 17.8. The monoisotopic (exact) mass is 490 g/mol. The molecule has 12 heteroatoms. The molecule has 1 saturated heterocycles. The van der Waals surface area contributed by atoms with Crippen molar-refractivity contribution in [2.24, 2.45) is 0 Å². The van der Waals surface area contributed by atoms with Gasteiger partial charge in [-0.05, 0) is 31.4 Å². The molecule has 9 nitrogen and oxygen atoms in total. The molecule has 0 radical (unpaired) electrons. The minimum atomic E-state index is -3.76. The summed E-state index contributed by atoms with van der Waals surface area (Å²) < 4.78 is 35.5. The highest BCUT2D eigenvalue weighted by Gasteiger charge is 2.55. The number of amides is 2. The van der Waals surface area contributed by atoms with Gasteiger partial charge in [-0.3, -0.25) is 0 Å². The van der Waals surface area contributed by atoms with Crippen LogP contribution < -0.4 is 10.6 Å². The Labute approximate surface area is 191 Å².